The van der Waals surface area contributed by atoms with E-state index in [1.807, 2.05) is 12.2 Å². The van der Waals surface area contributed by atoms with Crippen LogP contribution in [-0.2, 0) is 0 Å². The first-order chi connectivity index (χ1) is 8.69. The number of nitro groups is 1. The van der Waals surface area contributed by atoms with Gasteiger partial charge in [0, 0.05) is 30.9 Å². The Labute approximate surface area is 106 Å². The van der Waals surface area contributed by atoms with Gasteiger partial charge in [-0.25, -0.2) is 0 Å². The number of hydrogen-bond acceptors (Lipinski definition) is 5. The van der Waals surface area contributed by atoms with Crippen molar-refractivity contribution in [2.24, 2.45) is 5.73 Å². The molecule has 1 rings (SSSR count). The topological polar surface area (TPSA) is 90.4 Å². The molecule has 0 fully saturated rings. The second-order valence-electron chi connectivity index (χ2n) is 3.46. The molecule has 0 spiro atoms. The van der Waals surface area contributed by atoms with E-state index in [2.05, 4.69) is 5.32 Å². The van der Waals surface area contributed by atoms with E-state index in [-0.39, 0.29) is 11.4 Å². The molecule has 98 valence electrons. The molecule has 0 atom stereocenters. The normalized spacial score (nSPS) is 10.6. The Balaban J connectivity index is 2.79. The molecule has 0 aliphatic carbocycles. The molecular formula is C12H17N3O3. The minimum atomic E-state index is -0.455. The zero-order chi connectivity index (χ0) is 13.4. The lowest BCUT2D eigenvalue weighted by Gasteiger charge is -2.08. The summed E-state index contributed by atoms with van der Waals surface area (Å²) < 4.78 is 5.25. The zero-order valence-corrected chi connectivity index (χ0v) is 10.3. The molecule has 18 heavy (non-hydrogen) atoms. The first-order valence-corrected chi connectivity index (χ1v) is 5.69. The molecule has 0 saturated carbocycles. The van der Waals surface area contributed by atoms with Crippen molar-refractivity contribution in [1.82, 2.24) is 0 Å². The lowest BCUT2D eigenvalue weighted by Crippen LogP contribution is -2.02. The van der Waals surface area contributed by atoms with Crippen LogP contribution in [0.5, 0.6) is 5.75 Å². The van der Waals surface area contributed by atoms with E-state index >= 15 is 0 Å². The minimum absolute atomic E-state index is 0.0279. The van der Waals surface area contributed by atoms with Crippen molar-refractivity contribution in [1.29, 1.82) is 0 Å². The lowest BCUT2D eigenvalue weighted by molar-refractivity contribution is -0.385. The van der Waals surface area contributed by atoms with Crippen LogP contribution in [0.2, 0.25) is 0 Å². The van der Waals surface area contributed by atoms with E-state index in [4.69, 9.17) is 10.5 Å². The Morgan fingerprint density at radius 3 is 2.89 bits per heavy atom. The molecule has 0 unspecified atom stereocenters. The number of benzene rings is 1. The Morgan fingerprint density at radius 2 is 2.28 bits per heavy atom. The number of ether oxygens (including phenoxy) is 1. The van der Waals surface area contributed by atoms with Gasteiger partial charge in [-0.3, -0.25) is 10.1 Å². The first kappa shape index (κ1) is 14.0. The summed E-state index contributed by atoms with van der Waals surface area (Å²) in [5, 5.41) is 13.9. The predicted octanol–water partition coefficient (Wildman–Crippen LogP) is 1.92. The van der Waals surface area contributed by atoms with Crippen molar-refractivity contribution in [3.8, 4) is 5.75 Å². The average molecular weight is 251 g/mol. The number of rotatable bonds is 7. The molecule has 0 heterocycles. The second-order valence-corrected chi connectivity index (χ2v) is 3.46. The van der Waals surface area contributed by atoms with Gasteiger partial charge in [0.1, 0.15) is 0 Å². The van der Waals surface area contributed by atoms with E-state index in [1.54, 1.807) is 19.1 Å². The van der Waals surface area contributed by atoms with Crippen molar-refractivity contribution in [2.45, 2.75) is 6.92 Å². The molecule has 6 nitrogen and oxygen atoms in total. The quantitative estimate of drug-likeness (QED) is 0.439. The van der Waals surface area contributed by atoms with Crippen molar-refractivity contribution >= 4 is 11.4 Å². The zero-order valence-electron chi connectivity index (χ0n) is 10.3. The third kappa shape index (κ3) is 4.06. The fraction of sp³-hybridized carbons (Fsp3) is 0.333. The first-order valence-electron chi connectivity index (χ1n) is 5.69. The van der Waals surface area contributed by atoms with E-state index in [0.717, 1.165) is 5.69 Å². The van der Waals surface area contributed by atoms with Crippen LogP contribution in [0, 0.1) is 10.1 Å². The van der Waals surface area contributed by atoms with Crippen molar-refractivity contribution in [3.63, 3.8) is 0 Å². The van der Waals surface area contributed by atoms with Crippen LogP contribution < -0.4 is 15.8 Å². The molecule has 6 heteroatoms. The molecular weight excluding hydrogens is 234 g/mol. The SMILES string of the molecule is CCOc1cc(NC/C=C/CN)ccc1[N+](=O)[O-]. The maximum atomic E-state index is 10.8. The van der Waals surface area contributed by atoms with E-state index in [1.165, 1.54) is 6.07 Å². The highest BCUT2D eigenvalue weighted by molar-refractivity contribution is 5.58. The molecule has 0 bridgehead atoms. The third-order valence-corrected chi connectivity index (χ3v) is 2.18. The third-order valence-electron chi connectivity index (χ3n) is 2.18. The molecule has 0 amide bonds. The van der Waals surface area contributed by atoms with Crippen LogP contribution in [0.15, 0.2) is 30.4 Å². The maximum absolute atomic E-state index is 10.8. The minimum Gasteiger partial charge on any atom is -0.487 e. The Kier molecular flexibility index (Phi) is 5.66. The Hall–Kier alpha value is -2.08. The van der Waals surface area contributed by atoms with Gasteiger partial charge in [-0.15, -0.1) is 0 Å². The highest BCUT2D eigenvalue weighted by Gasteiger charge is 2.14. The molecule has 3 N–H and O–H groups in total. The number of nitrogens with one attached hydrogen (secondary N) is 1. The lowest BCUT2D eigenvalue weighted by atomic mass is 10.2. The standard InChI is InChI=1S/C12H17N3O3/c1-2-18-12-9-10(14-8-4-3-7-13)5-6-11(12)15(16)17/h3-6,9,14H,2,7-8,13H2,1H3/b4-3+. The molecule has 0 radical (unpaired) electrons. The molecule has 0 aliphatic heterocycles. The fourth-order valence-corrected chi connectivity index (χ4v) is 1.40. The summed E-state index contributed by atoms with van der Waals surface area (Å²) in [5.74, 6) is 0.273. The van der Waals surface area contributed by atoms with Gasteiger partial charge >= 0.3 is 5.69 Å². The van der Waals surface area contributed by atoms with E-state index in [9.17, 15) is 10.1 Å². The van der Waals surface area contributed by atoms with Gasteiger partial charge in [-0.05, 0) is 13.0 Å². The Morgan fingerprint density at radius 1 is 1.50 bits per heavy atom. The Bertz CT molecular complexity index is 433. The van der Waals surface area contributed by atoms with Crippen molar-refractivity contribution < 1.29 is 9.66 Å². The summed E-state index contributed by atoms with van der Waals surface area (Å²) in [6, 6.07) is 4.70. The summed E-state index contributed by atoms with van der Waals surface area (Å²) in [6.45, 7) is 3.28. The maximum Gasteiger partial charge on any atom is 0.311 e. The van der Waals surface area contributed by atoms with Gasteiger partial charge in [-0.2, -0.15) is 0 Å². The van der Waals surface area contributed by atoms with Crippen LogP contribution in [0.4, 0.5) is 11.4 Å². The monoisotopic (exact) mass is 251 g/mol. The molecule has 0 saturated heterocycles. The largest absolute Gasteiger partial charge is 0.487 e. The van der Waals surface area contributed by atoms with Crippen molar-refractivity contribution in [2.75, 3.05) is 25.0 Å². The smallest absolute Gasteiger partial charge is 0.311 e. The van der Waals surface area contributed by atoms with Gasteiger partial charge < -0.3 is 15.8 Å². The summed E-state index contributed by atoms with van der Waals surface area (Å²) in [6.07, 6.45) is 3.73. The summed E-state index contributed by atoms with van der Waals surface area (Å²) >= 11 is 0. The number of nitro benzene ring substituents is 1. The number of nitrogens with zero attached hydrogens (tertiary/aromatic N) is 1. The highest BCUT2D eigenvalue weighted by atomic mass is 16.6. The summed E-state index contributed by atoms with van der Waals surface area (Å²) in [7, 11) is 0. The average Bonchev–Trinajstić information content (AvgIpc) is 2.35. The van der Waals surface area contributed by atoms with Crippen LogP contribution in [0.3, 0.4) is 0 Å². The highest BCUT2D eigenvalue weighted by Crippen LogP contribution is 2.29. The molecule has 0 aromatic heterocycles. The van der Waals surface area contributed by atoms with Gasteiger partial charge in [0.25, 0.3) is 0 Å². The van der Waals surface area contributed by atoms with Crippen LogP contribution in [0.1, 0.15) is 6.92 Å². The molecule has 1 aromatic rings. The van der Waals surface area contributed by atoms with Crippen LogP contribution in [0.25, 0.3) is 0 Å². The number of nitrogens with two attached hydrogens (primary N) is 1. The van der Waals surface area contributed by atoms with Gasteiger partial charge in [0.2, 0.25) is 0 Å². The number of hydrogen-bond donors (Lipinski definition) is 2. The van der Waals surface area contributed by atoms with Crippen molar-refractivity contribution in [3.05, 3.63) is 40.5 Å². The molecule has 1 aromatic carbocycles. The van der Waals surface area contributed by atoms with E-state index in [0.29, 0.717) is 19.7 Å². The summed E-state index contributed by atoms with van der Waals surface area (Å²) in [5.41, 5.74) is 6.06. The number of anilines is 1. The van der Waals surface area contributed by atoms with E-state index < -0.39 is 4.92 Å². The second kappa shape index (κ2) is 7.29. The fourth-order valence-electron chi connectivity index (χ4n) is 1.40. The van der Waals surface area contributed by atoms with Crippen LogP contribution in [-0.4, -0.2) is 24.6 Å². The molecule has 0 aliphatic rings. The van der Waals surface area contributed by atoms with Gasteiger partial charge in [0.05, 0.1) is 11.5 Å². The van der Waals surface area contributed by atoms with Crippen LogP contribution >= 0.6 is 0 Å². The predicted molar refractivity (Wildman–Crippen MR) is 70.9 cm³/mol. The van der Waals surface area contributed by atoms with Gasteiger partial charge in [-0.1, -0.05) is 12.2 Å². The summed E-state index contributed by atoms with van der Waals surface area (Å²) in [4.78, 5) is 10.3. The van der Waals surface area contributed by atoms with Gasteiger partial charge in [0.15, 0.2) is 5.75 Å².